The van der Waals surface area contributed by atoms with E-state index in [0.717, 1.165) is 24.3 Å². The number of hydrogen-bond acceptors (Lipinski definition) is 5. The van der Waals surface area contributed by atoms with Crippen LogP contribution in [0.1, 0.15) is 11.3 Å². The fourth-order valence-electron chi connectivity index (χ4n) is 2.92. The van der Waals surface area contributed by atoms with E-state index < -0.39 is 0 Å². The lowest BCUT2D eigenvalue weighted by Crippen LogP contribution is -2.47. The van der Waals surface area contributed by atoms with E-state index in [1.165, 1.54) is 0 Å². The van der Waals surface area contributed by atoms with Crippen LogP contribution in [-0.4, -0.2) is 62.7 Å². The number of nitrogens with zero attached hydrogens (tertiary/aromatic N) is 5. The molecule has 0 spiro atoms. The van der Waals surface area contributed by atoms with Gasteiger partial charge in [0.25, 0.3) is 0 Å². The molecule has 0 saturated carbocycles. The molecule has 8 nitrogen and oxygen atoms in total. The van der Waals surface area contributed by atoms with Crippen molar-refractivity contribution in [2.45, 2.75) is 26.5 Å². The van der Waals surface area contributed by atoms with Crippen LogP contribution in [0.5, 0.6) is 0 Å². The molecule has 0 radical (unpaired) electrons. The third-order valence-corrected chi connectivity index (χ3v) is 4.01. The summed E-state index contributed by atoms with van der Waals surface area (Å²) in [7, 11) is 1.82. The van der Waals surface area contributed by atoms with Gasteiger partial charge in [0.15, 0.2) is 0 Å². The van der Waals surface area contributed by atoms with Crippen molar-refractivity contribution in [2.75, 3.05) is 31.6 Å². The highest BCUT2D eigenvalue weighted by molar-refractivity contribution is 5.91. The molecule has 2 aromatic rings. The van der Waals surface area contributed by atoms with Crippen molar-refractivity contribution in [3.8, 4) is 0 Å². The summed E-state index contributed by atoms with van der Waals surface area (Å²) in [6, 6.07) is 1.86. The van der Waals surface area contributed by atoms with Gasteiger partial charge in [-0.25, -0.2) is 0 Å². The molecule has 1 aliphatic rings. The Labute approximate surface area is 141 Å². The van der Waals surface area contributed by atoms with Crippen molar-refractivity contribution in [2.24, 2.45) is 7.05 Å². The van der Waals surface area contributed by atoms with Crippen LogP contribution in [0.4, 0.5) is 5.82 Å². The van der Waals surface area contributed by atoms with Crippen molar-refractivity contribution < 1.29 is 9.53 Å². The average Bonchev–Trinajstić information content (AvgIpc) is 3.05. The first kappa shape index (κ1) is 16.7. The van der Waals surface area contributed by atoms with Gasteiger partial charge in [-0.3, -0.25) is 19.1 Å². The van der Waals surface area contributed by atoms with Crippen molar-refractivity contribution in [1.29, 1.82) is 0 Å². The topological polar surface area (TPSA) is 77.2 Å². The molecule has 24 heavy (non-hydrogen) atoms. The third-order valence-electron chi connectivity index (χ3n) is 4.01. The van der Waals surface area contributed by atoms with Gasteiger partial charge >= 0.3 is 0 Å². The van der Waals surface area contributed by atoms with Crippen molar-refractivity contribution in [3.63, 3.8) is 0 Å². The van der Waals surface area contributed by atoms with E-state index in [1.54, 1.807) is 4.68 Å². The Morgan fingerprint density at radius 3 is 2.96 bits per heavy atom. The summed E-state index contributed by atoms with van der Waals surface area (Å²) in [5, 5.41) is 11.4. The molecule has 3 heterocycles. The van der Waals surface area contributed by atoms with E-state index >= 15 is 0 Å². The number of carbonyl (C=O) groups excluding carboxylic acids is 1. The fraction of sp³-hybridized carbons (Fsp3) is 0.562. The minimum atomic E-state index is -0.0337. The normalized spacial score (nSPS) is 18.7. The molecule has 0 unspecified atom stereocenters. The van der Waals surface area contributed by atoms with Gasteiger partial charge in [0, 0.05) is 32.4 Å². The maximum atomic E-state index is 12.3. The summed E-state index contributed by atoms with van der Waals surface area (Å²) in [6.45, 7) is 7.07. The van der Waals surface area contributed by atoms with Crippen LogP contribution in [0.3, 0.4) is 0 Å². The Morgan fingerprint density at radius 1 is 1.46 bits per heavy atom. The van der Waals surface area contributed by atoms with Gasteiger partial charge in [0.2, 0.25) is 5.91 Å². The van der Waals surface area contributed by atoms with Crippen molar-refractivity contribution in [1.82, 2.24) is 24.5 Å². The minimum Gasteiger partial charge on any atom is -0.374 e. The minimum absolute atomic E-state index is 0.0337. The SMILES string of the molecule is Cc1cnn(C[C@@H]2CN(CC(=O)Nc3cc(C)nn3C)CCO2)c1. The Kier molecular flexibility index (Phi) is 4.96. The molecule has 1 atom stereocenters. The van der Waals surface area contributed by atoms with Gasteiger partial charge in [0.1, 0.15) is 5.82 Å². The van der Waals surface area contributed by atoms with Crippen molar-refractivity contribution >= 4 is 11.7 Å². The summed E-state index contributed by atoms with van der Waals surface area (Å²) in [5.41, 5.74) is 2.02. The highest BCUT2D eigenvalue weighted by atomic mass is 16.5. The Bertz CT molecular complexity index is 707. The Balaban J connectivity index is 1.51. The molecule has 1 amide bonds. The molecule has 2 aromatic heterocycles. The number of nitrogens with one attached hydrogen (secondary N) is 1. The van der Waals surface area contributed by atoms with E-state index in [-0.39, 0.29) is 12.0 Å². The summed E-state index contributed by atoms with van der Waals surface area (Å²) >= 11 is 0. The first-order valence-electron chi connectivity index (χ1n) is 8.13. The zero-order valence-corrected chi connectivity index (χ0v) is 14.4. The second-order valence-corrected chi connectivity index (χ2v) is 6.31. The second-order valence-electron chi connectivity index (χ2n) is 6.31. The molecule has 3 rings (SSSR count). The summed E-state index contributed by atoms with van der Waals surface area (Å²) < 4.78 is 9.36. The smallest absolute Gasteiger partial charge is 0.239 e. The molecule has 0 aromatic carbocycles. The average molecular weight is 332 g/mol. The number of rotatable bonds is 5. The predicted molar refractivity (Wildman–Crippen MR) is 89.7 cm³/mol. The van der Waals surface area contributed by atoms with Gasteiger partial charge in [-0.15, -0.1) is 0 Å². The maximum absolute atomic E-state index is 12.3. The van der Waals surface area contributed by atoms with Gasteiger partial charge in [-0.1, -0.05) is 0 Å². The summed E-state index contributed by atoms with van der Waals surface area (Å²) in [4.78, 5) is 14.4. The molecule has 1 aliphatic heterocycles. The van der Waals surface area contributed by atoms with Crippen LogP contribution >= 0.6 is 0 Å². The molecular weight excluding hydrogens is 308 g/mol. The fourth-order valence-corrected chi connectivity index (χ4v) is 2.92. The quantitative estimate of drug-likeness (QED) is 0.866. The van der Waals surface area contributed by atoms with Crippen LogP contribution in [0.2, 0.25) is 0 Å². The lowest BCUT2D eigenvalue weighted by molar-refractivity contribution is -0.119. The Morgan fingerprint density at radius 2 is 2.29 bits per heavy atom. The molecule has 1 fully saturated rings. The summed E-state index contributed by atoms with van der Waals surface area (Å²) in [5.74, 6) is 0.683. The van der Waals surface area contributed by atoms with E-state index in [9.17, 15) is 4.79 Å². The number of hydrogen-bond donors (Lipinski definition) is 1. The number of ether oxygens (including phenoxy) is 1. The number of aryl methyl sites for hydroxylation is 3. The number of aromatic nitrogens is 4. The number of carbonyl (C=O) groups is 1. The largest absolute Gasteiger partial charge is 0.374 e. The molecule has 0 bridgehead atoms. The molecule has 8 heteroatoms. The lowest BCUT2D eigenvalue weighted by Gasteiger charge is -2.32. The van der Waals surface area contributed by atoms with Crippen LogP contribution in [0, 0.1) is 13.8 Å². The van der Waals surface area contributed by atoms with Crippen LogP contribution in [-0.2, 0) is 23.1 Å². The first-order valence-corrected chi connectivity index (χ1v) is 8.13. The molecule has 1 N–H and O–H groups in total. The monoisotopic (exact) mass is 332 g/mol. The zero-order chi connectivity index (χ0) is 17.1. The van der Waals surface area contributed by atoms with E-state index in [4.69, 9.17) is 4.74 Å². The zero-order valence-electron chi connectivity index (χ0n) is 14.4. The van der Waals surface area contributed by atoms with Crippen molar-refractivity contribution in [3.05, 3.63) is 29.7 Å². The Hall–Kier alpha value is -2.19. The maximum Gasteiger partial charge on any atom is 0.239 e. The lowest BCUT2D eigenvalue weighted by atomic mass is 10.2. The highest BCUT2D eigenvalue weighted by Crippen LogP contribution is 2.10. The van der Waals surface area contributed by atoms with Crippen LogP contribution in [0.15, 0.2) is 18.5 Å². The number of anilines is 1. The van der Waals surface area contributed by atoms with Gasteiger partial charge in [-0.2, -0.15) is 10.2 Å². The predicted octanol–water partition coefficient (Wildman–Crippen LogP) is 0.573. The van der Waals surface area contributed by atoms with E-state index in [0.29, 0.717) is 25.5 Å². The highest BCUT2D eigenvalue weighted by Gasteiger charge is 2.23. The van der Waals surface area contributed by atoms with E-state index in [1.807, 2.05) is 44.0 Å². The molecule has 130 valence electrons. The molecular formula is C16H24N6O2. The third kappa shape index (κ3) is 4.21. The first-order chi connectivity index (χ1) is 11.5. The van der Waals surface area contributed by atoms with Gasteiger partial charge < -0.3 is 10.1 Å². The molecule has 0 aliphatic carbocycles. The van der Waals surface area contributed by atoms with Crippen LogP contribution in [0.25, 0.3) is 0 Å². The number of morpholine rings is 1. The standard InChI is InChI=1S/C16H24N6O2/c1-12-7-17-22(8-12)10-14-9-21(4-5-24-14)11-16(23)18-15-6-13(2)19-20(15)3/h6-8,14H,4-5,9-11H2,1-3H3,(H,18,23)/t14-/m0/s1. The summed E-state index contributed by atoms with van der Waals surface area (Å²) in [6.07, 6.45) is 3.88. The molecule has 1 saturated heterocycles. The second kappa shape index (κ2) is 7.14. The van der Waals surface area contributed by atoms with Crippen LogP contribution < -0.4 is 5.32 Å². The van der Waals surface area contributed by atoms with E-state index in [2.05, 4.69) is 20.4 Å². The van der Waals surface area contributed by atoms with Gasteiger partial charge in [-0.05, 0) is 19.4 Å². The van der Waals surface area contributed by atoms with Gasteiger partial charge in [0.05, 0.1) is 37.7 Å². The number of amides is 1.